The molecule has 0 bridgehead atoms. The third kappa shape index (κ3) is 4.54. The van der Waals surface area contributed by atoms with Crippen molar-refractivity contribution < 1.29 is 4.79 Å². The molecule has 5 nitrogen and oxygen atoms in total. The Morgan fingerprint density at radius 1 is 1.50 bits per heavy atom. The highest BCUT2D eigenvalue weighted by Gasteiger charge is 2.08. The zero-order valence-electron chi connectivity index (χ0n) is 10.8. The lowest BCUT2D eigenvalue weighted by atomic mass is 10.1. The number of thioether (sulfide) groups is 1. The topological polar surface area (TPSA) is 80.0 Å². The maximum absolute atomic E-state index is 11.9. The van der Waals surface area contributed by atoms with Gasteiger partial charge in [-0.25, -0.2) is 10.8 Å². The number of anilines is 1. The van der Waals surface area contributed by atoms with Crippen molar-refractivity contribution in [2.24, 2.45) is 5.84 Å². The average Bonchev–Trinajstić information content (AvgIpc) is 2.39. The second-order valence-corrected chi connectivity index (χ2v) is 4.86. The second kappa shape index (κ2) is 7.94. The van der Waals surface area contributed by atoms with Crippen molar-refractivity contribution in [2.45, 2.75) is 19.8 Å². The summed E-state index contributed by atoms with van der Waals surface area (Å²) in [4.78, 5) is 16.2. The van der Waals surface area contributed by atoms with Crippen LogP contribution in [0.5, 0.6) is 0 Å². The third-order valence-electron chi connectivity index (χ3n) is 2.39. The number of nitrogen functional groups attached to an aromatic ring is 1. The molecule has 18 heavy (non-hydrogen) atoms. The van der Waals surface area contributed by atoms with E-state index in [-0.39, 0.29) is 5.91 Å². The van der Waals surface area contributed by atoms with Gasteiger partial charge in [-0.1, -0.05) is 13.3 Å². The molecule has 6 heteroatoms. The molecular weight excluding hydrogens is 248 g/mol. The number of aromatic nitrogens is 1. The second-order valence-electron chi connectivity index (χ2n) is 3.88. The standard InChI is InChI=1S/C12H20N4OS/c1-3-4-10-7-9(8-11(15-10)16-13)12(17)14-5-6-18-2/h7-8H,3-6,13H2,1-2H3,(H,14,17)(H,15,16). The normalized spacial score (nSPS) is 10.2. The summed E-state index contributed by atoms with van der Waals surface area (Å²) in [6.07, 6.45) is 3.82. The molecule has 0 unspecified atom stereocenters. The molecule has 0 saturated heterocycles. The first kappa shape index (κ1) is 14.8. The fourth-order valence-corrected chi connectivity index (χ4v) is 1.85. The molecule has 0 radical (unpaired) electrons. The predicted molar refractivity (Wildman–Crippen MR) is 76.8 cm³/mol. The number of pyridine rings is 1. The fraction of sp³-hybridized carbons (Fsp3) is 0.500. The minimum absolute atomic E-state index is 0.0831. The summed E-state index contributed by atoms with van der Waals surface area (Å²) >= 11 is 1.70. The highest BCUT2D eigenvalue weighted by Crippen LogP contribution is 2.11. The first-order valence-corrected chi connectivity index (χ1v) is 7.35. The van der Waals surface area contributed by atoms with Crippen LogP contribution in [0, 0.1) is 0 Å². The van der Waals surface area contributed by atoms with Crippen molar-refractivity contribution in [3.8, 4) is 0 Å². The summed E-state index contributed by atoms with van der Waals surface area (Å²) in [5, 5.41) is 2.86. The molecule has 0 aliphatic carbocycles. The minimum Gasteiger partial charge on any atom is -0.351 e. The number of nitrogens with two attached hydrogens (primary N) is 1. The number of aryl methyl sites for hydroxylation is 1. The monoisotopic (exact) mass is 268 g/mol. The maximum Gasteiger partial charge on any atom is 0.251 e. The molecule has 0 atom stereocenters. The van der Waals surface area contributed by atoms with Gasteiger partial charge in [0.2, 0.25) is 0 Å². The molecule has 4 N–H and O–H groups in total. The fourth-order valence-electron chi connectivity index (χ4n) is 1.55. The summed E-state index contributed by atoms with van der Waals surface area (Å²) in [5.41, 5.74) is 3.97. The molecule has 1 aromatic rings. The molecule has 1 rings (SSSR count). The largest absolute Gasteiger partial charge is 0.351 e. The van der Waals surface area contributed by atoms with E-state index in [9.17, 15) is 4.79 Å². The first-order valence-electron chi connectivity index (χ1n) is 5.96. The van der Waals surface area contributed by atoms with Crippen LogP contribution in [0.25, 0.3) is 0 Å². The van der Waals surface area contributed by atoms with Gasteiger partial charge in [0.25, 0.3) is 5.91 Å². The Bertz CT molecular complexity index is 398. The molecule has 0 aromatic carbocycles. The highest BCUT2D eigenvalue weighted by atomic mass is 32.2. The van der Waals surface area contributed by atoms with Gasteiger partial charge in [-0.2, -0.15) is 11.8 Å². The number of nitrogens with one attached hydrogen (secondary N) is 2. The first-order chi connectivity index (χ1) is 8.71. The van der Waals surface area contributed by atoms with Crippen LogP contribution in [0.2, 0.25) is 0 Å². The van der Waals surface area contributed by atoms with Crippen LogP contribution in [0.3, 0.4) is 0 Å². The van der Waals surface area contributed by atoms with Crippen LogP contribution in [0.15, 0.2) is 12.1 Å². The van der Waals surface area contributed by atoms with Crippen molar-refractivity contribution >= 4 is 23.5 Å². The predicted octanol–water partition coefficient (Wildman–Crippen LogP) is 1.41. The number of hydrogen-bond donors (Lipinski definition) is 3. The lowest BCUT2D eigenvalue weighted by Crippen LogP contribution is -2.26. The van der Waals surface area contributed by atoms with Crippen LogP contribution in [0.1, 0.15) is 29.4 Å². The molecule has 0 aliphatic rings. The quantitative estimate of drug-likeness (QED) is 0.396. The van der Waals surface area contributed by atoms with Crippen LogP contribution in [0.4, 0.5) is 5.82 Å². The zero-order valence-corrected chi connectivity index (χ0v) is 11.6. The summed E-state index contributed by atoms with van der Waals surface area (Å²) in [6.45, 7) is 2.74. The molecule has 1 amide bonds. The van der Waals surface area contributed by atoms with Gasteiger partial charge in [0.1, 0.15) is 5.82 Å². The van der Waals surface area contributed by atoms with E-state index in [0.717, 1.165) is 24.3 Å². The lowest BCUT2D eigenvalue weighted by molar-refractivity contribution is 0.0956. The third-order valence-corrected chi connectivity index (χ3v) is 3.00. The summed E-state index contributed by atoms with van der Waals surface area (Å²) in [7, 11) is 0. The number of carbonyl (C=O) groups excluding carboxylic acids is 1. The summed E-state index contributed by atoms with van der Waals surface area (Å²) in [5.74, 6) is 6.70. The molecular formula is C12H20N4OS. The van der Waals surface area contributed by atoms with E-state index < -0.39 is 0 Å². The van der Waals surface area contributed by atoms with Crippen molar-refractivity contribution in [2.75, 3.05) is 24.0 Å². The Balaban J connectivity index is 2.79. The number of rotatable bonds is 7. The number of hydrogen-bond acceptors (Lipinski definition) is 5. The SMILES string of the molecule is CCCc1cc(C(=O)NCCSC)cc(NN)n1. The van der Waals surface area contributed by atoms with Crippen molar-refractivity contribution in [3.05, 3.63) is 23.4 Å². The average molecular weight is 268 g/mol. The maximum atomic E-state index is 11.9. The Kier molecular flexibility index (Phi) is 6.53. The zero-order chi connectivity index (χ0) is 13.4. The van der Waals surface area contributed by atoms with Gasteiger partial charge in [-0.15, -0.1) is 0 Å². The number of carbonyl (C=O) groups is 1. The highest BCUT2D eigenvalue weighted by molar-refractivity contribution is 7.98. The van der Waals surface area contributed by atoms with Crippen LogP contribution < -0.4 is 16.6 Å². The smallest absolute Gasteiger partial charge is 0.251 e. The van der Waals surface area contributed by atoms with Gasteiger partial charge in [0, 0.05) is 23.6 Å². The van der Waals surface area contributed by atoms with Gasteiger partial charge < -0.3 is 10.7 Å². The van der Waals surface area contributed by atoms with E-state index in [1.54, 1.807) is 17.8 Å². The van der Waals surface area contributed by atoms with Crippen LogP contribution in [-0.2, 0) is 6.42 Å². The van der Waals surface area contributed by atoms with Gasteiger partial charge in [0.05, 0.1) is 0 Å². The summed E-state index contributed by atoms with van der Waals surface area (Å²) < 4.78 is 0. The van der Waals surface area contributed by atoms with Crippen LogP contribution >= 0.6 is 11.8 Å². The van der Waals surface area contributed by atoms with Crippen LogP contribution in [-0.4, -0.2) is 29.4 Å². The van der Waals surface area contributed by atoms with E-state index in [2.05, 4.69) is 22.7 Å². The van der Waals surface area contributed by atoms with E-state index in [1.807, 2.05) is 12.3 Å². The molecule has 0 saturated carbocycles. The van der Waals surface area contributed by atoms with E-state index >= 15 is 0 Å². The Morgan fingerprint density at radius 3 is 2.89 bits per heavy atom. The van der Waals surface area contributed by atoms with E-state index in [0.29, 0.717) is 17.9 Å². The van der Waals surface area contributed by atoms with E-state index in [4.69, 9.17) is 5.84 Å². The van der Waals surface area contributed by atoms with Gasteiger partial charge in [0.15, 0.2) is 0 Å². The lowest BCUT2D eigenvalue weighted by Gasteiger charge is -2.08. The minimum atomic E-state index is -0.0831. The van der Waals surface area contributed by atoms with Crippen molar-refractivity contribution in [1.29, 1.82) is 0 Å². The molecule has 1 heterocycles. The molecule has 0 spiro atoms. The van der Waals surface area contributed by atoms with E-state index in [1.165, 1.54) is 0 Å². The molecule has 0 fully saturated rings. The summed E-state index contributed by atoms with van der Waals surface area (Å²) in [6, 6.07) is 3.48. The van der Waals surface area contributed by atoms with Crippen molar-refractivity contribution in [1.82, 2.24) is 10.3 Å². The molecule has 0 aliphatic heterocycles. The Labute approximate surface area is 112 Å². The molecule has 1 aromatic heterocycles. The molecule has 100 valence electrons. The Morgan fingerprint density at radius 2 is 2.28 bits per heavy atom. The number of amides is 1. The number of hydrazine groups is 1. The van der Waals surface area contributed by atoms with Gasteiger partial charge in [-0.3, -0.25) is 4.79 Å². The van der Waals surface area contributed by atoms with Crippen molar-refractivity contribution in [3.63, 3.8) is 0 Å². The van der Waals surface area contributed by atoms with Gasteiger partial charge >= 0.3 is 0 Å². The van der Waals surface area contributed by atoms with Gasteiger partial charge in [-0.05, 0) is 24.8 Å². The number of nitrogens with zero attached hydrogens (tertiary/aromatic N) is 1. The Hall–Kier alpha value is -1.27.